The lowest BCUT2D eigenvalue weighted by Crippen LogP contribution is -2.14. The molecule has 0 spiro atoms. The first-order chi connectivity index (χ1) is 5.24. The molecule has 1 rings (SSSR count). The van der Waals surface area contributed by atoms with Crippen LogP contribution in [0.5, 0.6) is 0 Å². The largest absolute Gasteiger partial charge is 0.323 e. The highest BCUT2D eigenvalue weighted by Gasteiger charge is 2.01. The first-order valence-corrected chi connectivity index (χ1v) is 2.85. The molecule has 0 bridgehead atoms. The first kappa shape index (κ1) is 7.41. The molecule has 0 saturated heterocycles. The van der Waals surface area contributed by atoms with Crippen LogP contribution in [-0.2, 0) is 6.42 Å². The second-order valence-corrected chi connectivity index (χ2v) is 1.83. The van der Waals surface area contributed by atoms with Crippen LogP contribution in [0.4, 0.5) is 4.39 Å². The molecule has 0 fully saturated rings. The minimum Gasteiger partial charge on any atom is -0.323 e. The van der Waals surface area contributed by atoms with E-state index in [1.54, 1.807) is 6.07 Å². The van der Waals surface area contributed by atoms with Gasteiger partial charge in [0.1, 0.15) is 5.69 Å². The third-order valence-corrected chi connectivity index (χ3v) is 1.07. The summed E-state index contributed by atoms with van der Waals surface area (Å²) in [5.41, 5.74) is -0.611. The summed E-state index contributed by atoms with van der Waals surface area (Å²) in [4.78, 5) is 16.1. The second kappa shape index (κ2) is 2.92. The Kier molecular flexibility index (Phi) is 1.97. The summed E-state index contributed by atoms with van der Waals surface area (Å²) in [6.45, 7) is 0. The van der Waals surface area contributed by atoms with Crippen LogP contribution in [0, 0.1) is 17.3 Å². The van der Waals surface area contributed by atoms with Crippen LogP contribution in [0.1, 0.15) is 5.69 Å². The zero-order valence-electron chi connectivity index (χ0n) is 5.47. The number of H-pyrrole nitrogens is 1. The molecule has 0 aliphatic rings. The van der Waals surface area contributed by atoms with E-state index in [4.69, 9.17) is 5.26 Å². The lowest BCUT2D eigenvalue weighted by molar-refractivity contribution is 0.568. The molecule has 0 aliphatic carbocycles. The number of nitrogens with zero attached hydrogens (tertiary/aromatic N) is 2. The first-order valence-electron chi connectivity index (χ1n) is 2.85. The summed E-state index contributed by atoms with van der Waals surface area (Å²) < 4.78 is 12.3. The molecule has 0 atom stereocenters. The van der Waals surface area contributed by atoms with Crippen molar-refractivity contribution in [3.8, 4) is 6.07 Å². The number of nitrogens with one attached hydrogen (secondary N) is 1. The molecule has 1 heterocycles. The molecule has 11 heavy (non-hydrogen) atoms. The SMILES string of the molecule is N#CCc1nc(F)c[nH]c1=O. The fourth-order valence-electron chi connectivity index (χ4n) is 0.615. The fourth-order valence-corrected chi connectivity index (χ4v) is 0.615. The molecule has 1 aromatic heterocycles. The molecule has 0 amide bonds. The average Bonchev–Trinajstić information content (AvgIpc) is 1.98. The van der Waals surface area contributed by atoms with Crippen molar-refractivity contribution in [2.24, 2.45) is 0 Å². The topological polar surface area (TPSA) is 69.5 Å². The lowest BCUT2D eigenvalue weighted by Gasteiger charge is -1.90. The van der Waals surface area contributed by atoms with E-state index in [0.29, 0.717) is 0 Å². The van der Waals surface area contributed by atoms with E-state index in [2.05, 4.69) is 9.97 Å². The van der Waals surface area contributed by atoms with Gasteiger partial charge in [-0.3, -0.25) is 4.79 Å². The fraction of sp³-hybridized carbons (Fsp3) is 0.167. The Morgan fingerprint density at radius 2 is 2.55 bits per heavy atom. The maximum atomic E-state index is 12.3. The van der Waals surface area contributed by atoms with E-state index in [0.717, 1.165) is 6.20 Å². The molecule has 0 saturated carbocycles. The molecule has 1 N–H and O–H groups in total. The number of aromatic nitrogens is 2. The Hall–Kier alpha value is -1.70. The van der Waals surface area contributed by atoms with Gasteiger partial charge in [0.05, 0.1) is 18.7 Å². The number of nitriles is 1. The number of hydrogen-bond acceptors (Lipinski definition) is 3. The summed E-state index contributed by atoms with van der Waals surface area (Å²) >= 11 is 0. The van der Waals surface area contributed by atoms with E-state index in [9.17, 15) is 9.18 Å². The highest BCUT2D eigenvalue weighted by Crippen LogP contribution is 1.88. The van der Waals surface area contributed by atoms with Crippen molar-refractivity contribution in [3.05, 3.63) is 28.2 Å². The molecule has 5 heteroatoms. The molecular formula is C6H4FN3O. The quantitative estimate of drug-likeness (QED) is 0.616. The maximum Gasteiger partial charge on any atom is 0.270 e. The van der Waals surface area contributed by atoms with Crippen molar-refractivity contribution >= 4 is 0 Å². The van der Waals surface area contributed by atoms with E-state index in [1.165, 1.54) is 0 Å². The van der Waals surface area contributed by atoms with Gasteiger partial charge in [-0.1, -0.05) is 0 Å². The van der Waals surface area contributed by atoms with Crippen molar-refractivity contribution in [2.75, 3.05) is 0 Å². The lowest BCUT2D eigenvalue weighted by atomic mass is 10.3. The predicted octanol–water partition coefficient (Wildman–Crippen LogP) is -0.0249. The Bertz CT molecular complexity index is 352. The zero-order chi connectivity index (χ0) is 8.27. The van der Waals surface area contributed by atoms with Crippen LogP contribution >= 0.6 is 0 Å². The molecule has 0 aromatic carbocycles. The summed E-state index contributed by atoms with van der Waals surface area (Å²) in [6.07, 6.45) is 0.677. The van der Waals surface area contributed by atoms with Crippen LogP contribution in [0.15, 0.2) is 11.0 Å². The summed E-state index contributed by atoms with van der Waals surface area (Å²) in [6, 6.07) is 1.70. The van der Waals surface area contributed by atoms with Gasteiger partial charge in [-0.05, 0) is 0 Å². The van der Waals surface area contributed by atoms with Gasteiger partial charge in [0.25, 0.3) is 5.56 Å². The molecule has 4 nitrogen and oxygen atoms in total. The van der Waals surface area contributed by atoms with Gasteiger partial charge in [-0.15, -0.1) is 0 Å². The third-order valence-electron chi connectivity index (χ3n) is 1.07. The zero-order valence-corrected chi connectivity index (χ0v) is 5.47. The molecule has 1 aromatic rings. The summed E-state index contributed by atoms with van der Waals surface area (Å²) in [5, 5.41) is 8.17. The van der Waals surface area contributed by atoms with Gasteiger partial charge in [0.15, 0.2) is 0 Å². The van der Waals surface area contributed by atoms with Gasteiger partial charge in [0, 0.05) is 0 Å². The standard InChI is InChI=1S/C6H4FN3O/c7-5-3-9-6(11)4(10-5)1-2-8/h3H,1H2,(H,9,11). The smallest absolute Gasteiger partial charge is 0.270 e. The van der Waals surface area contributed by atoms with Gasteiger partial charge in [-0.2, -0.15) is 9.65 Å². The van der Waals surface area contributed by atoms with Crippen molar-refractivity contribution in [1.82, 2.24) is 9.97 Å². The molecule has 0 aliphatic heterocycles. The van der Waals surface area contributed by atoms with Crippen LogP contribution in [0.25, 0.3) is 0 Å². The van der Waals surface area contributed by atoms with Gasteiger partial charge < -0.3 is 4.98 Å². The Morgan fingerprint density at radius 1 is 1.82 bits per heavy atom. The average molecular weight is 153 g/mol. The molecule has 0 radical (unpaired) electrons. The van der Waals surface area contributed by atoms with Crippen LogP contribution < -0.4 is 5.56 Å². The Labute approximate surface area is 61.3 Å². The van der Waals surface area contributed by atoms with Crippen molar-refractivity contribution in [3.63, 3.8) is 0 Å². The number of rotatable bonds is 1. The van der Waals surface area contributed by atoms with Crippen molar-refractivity contribution in [2.45, 2.75) is 6.42 Å². The van der Waals surface area contributed by atoms with Crippen molar-refractivity contribution < 1.29 is 4.39 Å². The third kappa shape index (κ3) is 1.61. The minimum absolute atomic E-state index is 0.0903. The Balaban J connectivity index is 3.15. The van der Waals surface area contributed by atoms with E-state index >= 15 is 0 Å². The number of hydrogen-bond donors (Lipinski definition) is 1. The maximum absolute atomic E-state index is 12.3. The highest BCUT2D eigenvalue weighted by molar-refractivity contribution is 5.02. The molecular weight excluding hydrogens is 149 g/mol. The van der Waals surface area contributed by atoms with Crippen LogP contribution in [-0.4, -0.2) is 9.97 Å². The van der Waals surface area contributed by atoms with Gasteiger partial charge >= 0.3 is 0 Å². The normalized spacial score (nSPS) is 9.09. The number of aromatic amines is 1. The Morgan fingerprint density at radius 3 is 3.18 bits per heavy atom. The monoisotopic (exact) mass is 153 g/mol. The molecule has 56 valence electrons. The van der Waals surface area contributed by atoms with Gasteiger partial charge in [-0.25, -0.2) is 4.98 Å². The van der Waals surface area contributed by atoms with Gasteiger partial charge in [0.2, 0.25) is 5.95 Å². The minimum atomic E-state index is -0.783. The van der Waals surface area contributed by atoms with E-state index in [-0.39, 0.29) is 12.1 Å². The van der Waals surface area contributed by atoms with Crippen molar-refractivity contribution in [1.29, 1.82) is 5.26 Å². The predicted molar refractivity (Wildman–Crippen MR) is 34.1 cm³/mol. The highest BCUT2D eigenvalue weighted by atomic mass is 19.1. The summed E-state index contributed by atoms with van der Waals surface area (Å²) in [7, 11) is 0. The van der Waals surface area contributed by atoms with E-state index in [1.807, 2.05) is 0 Å². The second-order valence-electron chi connectivity index (χ2n) is 1.83. The molecule has 0 unspecified atom stereocenters. The summed E-state index contributed by atoms with van der Waals surface area (Å²) in [5.74, 6) is -0.783. The number of halogens is 1. The van der Waals surface area contributed by atoms with E-state index < -0.39 is 11.5 Å². The van der Waals surface area contributed by atoms with Crippen LogP contribution in [0.3, 0.4) is 0 Å². The van der Waals surface area contributed by atoms with Crippen LogP contribution in [0.2, 0.25) is 0 Å².